The zero-order chi connectivity index (χ0) is 47.4. The molecule has 4 aromatic carbocycles. The van der Waals surface area contributed by atoms with Crippen molar-refractivity contribution < 1.29 is 38.1 Å². The molecule has 21 nitrogen and oxygen atoms in total. The van der Waals surface area contributed by atoms with Crippen molar-refractivity contribution in [3.8, 4) is 11.8 Å². The number of amides is 3. The Labute approximate surface area is 388 Å². The summed E-state index contributed by atoms with van der Waals surface area (Å²) in [5, 5.41) is 27.4. The Balaban J connectivity index is 0.000000187. The van der Waals surface area contributed by atoms with E-state index in [0.717, 1.165) is 45.5 Å². The maximum absolute atomic E-state index is 13.4. The molecule has 1 fully saturated rings. The van der Waals surface area contributed by atoms with Gasteiger partial charge in [0.1, 0.15) is 0 Å². The summed E-state index contributed by atoms with van der Waals surface area (Å²) >= 11 is 0. The van der Waals surface area contributed by atoms with Crippen LogP contribution in [0.25, 0.3) is 21.5 Å². The zero-order valence-electron chi connectivity index (χ0n) is 37.2. The summed E-state index contributed by atoms with van der Waals surface area (Å²) in [5.41, 5.74) is 2.69. The second-order valence-corrected chi connectivity index (χ2v) is 15.2. The normalized spacial score (nSPS) is 12.4. The zero-order valence-corrected chi connectivity index (χ0v) is 37.2. The van der Waals surface area contributed by atoms with Gasteiger partial charge >= 0.3 is 5.97 Å². The Kier molecular flexibility index (Phi) is 14.5. The van der Waals surface area contributed by atoms with Crippen LogP contribution < -0.4 is 25.4 Å². The number of aromatic nitrogens is 10. The molecule has 68 heavy (non-hydrogen) atoms. The molecule has 9 rings (SSSR count). The van der Waals surface area contributed by atoms with Crippen LogP contribution in [-0.4, -0.2) is 115 Å². The van der Waals surface area contributed by atoms with E-state index in [0.29, 0.717) is 49.9 Å². The lowest BCUT2D eigenvalue weighted by molar-refractivity contribution is 0.0593. The first-order valence-electron chi connectivity index (χ1n) is 21.3. The number of carbonyl (C=O) groups excluding carboxylic acids is 4. The summed E-state index contributed by atoms with van der Waals surface area (Å²) in [6.45, 7) is 2.90. The van der Waals surface area contributed by atoms with Crippen molar-refractivity contribution in [2.24, 2.45) is 5.92 Å². The van der Waals surface area contributed by atoms with Gasteiger partial charge in [-0.2, -0.15) is 0 Å². The van der Waals surface area contributed by atoms with Gasteiger partial charge in [0.25, 0.3) is 17.7 Å². The van der Waals surface area contributed by atoms with Crippen molar-refractivity contribution in [1.82, 2.24) is 55.2 Å². The highest BCUT2D eigenvalue weighted by Crippen LogP contribution is 2.27. The van der Waals surface area contributed by atoms with Gasteiger partial charge in [-0.3, -0.25) is 14.4 Å². The summed E-state index contributed by atoms with van der Waals surface area (Å²) in [6, 6.07) is 22.4. The standard InChI is InChI=1S/C26H27N7O4.C21H18N6O4/c1-36-22-15-27-24(23(30-22)26(35)28-14-17-8-12-37-13-9-17)31-25(34)21-7-6-18(16-33-11-10-29-32-33)19-4-2-3-5-20(19)21;1-30-17-11-22-19(18(24-17)21(29)31-2)25-20(28)16-8-7-13(12-27-10-9-23-26-27)14-5-3-4-6-15(14)16/h2-7,10-11,15,17H,8-9,12-14,16H2,1H3,(H,28,35)(H,27,31,34);3-11H,12H2,1-2H3,(H,22,25,28). The SMILES string of the molecule is COC(=O)c1nc(OC)cnc1NC(=O)c1ccc(Cn2ccnn2)c2ccccc12.COc1cnc(NC(=O)c2ccc(Cn3ccnn3)c3ccccc23)c(C(=O)NCC2CCOCC2)n1. The minimum atomic E-state index is -0.741. The molecule has 0 atom stereocenters. The summed E-state index contributed by atoms with van der Waals surface area (Å²) in [7, 11) is 4.06. The van der Waals surface area contributed by atoms with E-state index in [4.69, 9.17) is 18.9 Å². The minimum absolute atomic E-state index is 0.00753. The van der Waals surface area contributed by atoms with Gasteiger partial charge in [-0.1, -0.05) is 71.1 Å². The summed E-state index contributed by atoms with van der Waals surface area (Å²) in [6.07, 6.45) is 11.2. The van der Waals surface area contributed by atoms with Crippen molar-refractivity contribution in [2.45, 2.75) is 25.9 Å². The van der Waals surface area contributed by atoms with Crippen LogP contribution in [0.5, 0.6) is 11.8 Å². The predicted octanol–water partition coefficient (Wildman–Crippen LogP) is 5.00. The fraction of sp³-hybridized carbons (Fsp3) is 0.234. The second kappa shape index (κ2) is 21.5. The maximum Gasteiger partial charge on any atom is 0.360 e. The highest BCUT2D eigenvalue weighted by atomic mass is 16.5. The van der Waals surface area contributed by atoms with Crippen LogP contribution >= 0.6 is 0 Å². The van der Waals surface area contributed by atoms with E-state index < -0.39 is 23.7 Å². The van der Waals surface area contributed by atoms with Gasteiger partial charge in [0.05, 0.1) is 59.2 Å². The van der Waals surface area contributed by atoms with E-state index in [1.807, 2.05) is 60.7 Å². The van der Waals surface area contributed by atoms with E-state index in [9.17, 15) is 19.2 Å². The number of fused-ring (bicyclic) bond motifs is 2. The smallest absolute Gasteiger partial charge is 0.360 e. The average molecular weight is 920 g/mol. The summed E-state index contributed by atoms with van der Waals surface area (Å²) in [4.78, 5) is 68.3. The van der Waals surface area contributed by atoms with Crippen LogP contribution in [0.3, 0.4) is 0 Å². The third kappa shape index (κ3) is 10.7. The highest BCUT2D eigenvalue weighted by molar-refractivity contribution is 6.15. The lowest BCUT2D eigenvalue weighted by Gasteiger charge is -2.22. The molecule has 0 unspecified atom stereocenters. The number of esters is 1. The number of nitrogens with zero attached hydrogens (tertiary/aromatic N) is 10. The molecule has 3 amide bonds. The molecule has 1 saturated heterocycles. The lowest BCUT2D eigenvalue weighted by atomic mass is 9.99. The Bertz CT molecular complexity index is 3070. The number of hydrogen-bond acceptors (Lipinski definition) is 16. The second-order valence-electron chi connectivity index (χ2n) is 15.2. The molecule has 21 heteroatoms. The molecular weight excluding hydrogens is 875 g/mol. The number of nitrogens with one attached hydrogen (secondary N) is 3. The van der Waals surface area contributed by atoms with Crippen LogP contribution in [0, 0.1) is 5.92 Å². The van der Waals surface area contributed by atoms with Gasteiger partial charge in [0, 0.05) is 43.3 Å². The number of hydrogen-bond donors (Lipinski definition) is 3. The first-order valence-corrected chi connectivity index (χ1v) is 21.3. The fourth-order valence-electron chi connectivity index (χ4n) is 7.52. The molecule has 8 aromatic rings. The largest absolute Gasteiger partial charge is 0.480 e. The van der Waals surface area contributed by atoms with E-state index in [2.05, 4.69) is 56.5 Å². The molecule has 0 radical (unpaired) electrons. The van der Waals surface area contributed by atoms with E-state index in [1.54, 1.807) is 46.3 Å². The van der Waals surface area contributed by atoms with Gasteiger partial charge < -0.3 is 34.9 Å². The maximum atomic E-state index is 13.4. The summed E-state index contributed by atoms with van der Waals surface area (Å²) < 4.78 is 23.7. The van der Waals surface area contributed by atoms with Crippen molar-refractivity contribution >= 4 is 56.9 Å². The number of anilines is 2. The number of methoxy groups -OCH3 is 3. The van der Waals surface area contributed by atoms with E-state index >= 15 is 0 Å². The Morgan fingerprint density at radius 3 is 1.59 bits per heavy atom. The molecule has 0 saturated carbocycles. The molecule has 1 aliphatic rings. The average Bonchev–Trinajstić information content (AvgIpc) is 4.11. The molecule has 1 aliphatic heterocycles. The van der Waals surface area contributed by atoms with Crippen LogP contribution in [0.15, 0.2) is 110 Å². The molecule has 0 aliphatic carbocycles. The van der Waals surface area contributed by atoms with Crippen LogP contribution in [0.1, 0.15) is 65.7 Å². The van der Waals surface area contributed by atoms with Crippen molar-refractivity contribution in [3.05, 3.63) is 144 Å². The summed E-state index contributed by atoms with van der Waals surface area (Å²) in [5.74, 6) is -1.33. The van der Waals surface area contributed by atoms with Crippen molar-refractivity contribution in [3.63, 3.8) is 0 Å². The molecule has 0 spiro atoms. The fourth-order valence-corrected chi connectivity index (χ4v) is 7.52. The van der Waals surface area contributed by atoms with Crippen molar-refractivity contribution in [1.29, 1.82) is 0 Å². The molecule has 0 bridgehead atoms. The van der Waals surface area contributed by atoms with Gasteiger partial charge in [0.2, 0.25) is 11.8 Å². The number of carbonyl (C=O) groups is 4. The molecule has 3 N–H and O–H groups in total. The van der Waals surface area contributed by atoms with E-state index in [1.165, 1.54) is 33.7 Å². The molecule has 4 aromatic heterocycles. The predicted molar refractivity (Wildman–Crippen MR) is 246 cm³/mol. The first kappa shape index (κ1) is 45.8. The lowest BCUT2D eigenvalue weighted by Crippen LogP contribution is -2.33. The monoisotopic (exact) mass is 919 g/mol. The molecular formula is C47H45N13O8. The molecule has 5 heterocycles. The van der Waals surface area contributed by atoms with E-state index in [-0.39, 0.29) is 34.8 Å². The molecule has 346 valence electrons. The number of ether oxygens (including phenoxy) is 4. The Morgan fingerprint density at radius 1 is 0.632 bits per heavy atom. The van der Waals surface area contributed by atoms with Crippen LogP contribution in [0.4, 0.5) is 11.6 Å². The third-order valence-corrected chi connectivity index (χ3v) is 11.0. The highest BCUT2D eigenvalue weighted by Gasteiger charge is 2.24. The van der Waals surface area contributed by atoms with Crippen LogP contribution in [-0.2, 0) is 22.6 Å². The number of benzene rings is 4. The minimum Gasteiger partial charge on any atom is -0.480 e. The third-order valence-electron chi connectivity index (χ3n) is 11.0. The van der Waals surface area contributed by atoms with Gasteiger partial charge in [-0.15, -0.1) is 10.2 Å². The topological polar surface area (TPSA) is 254 Å². The number of rotatable bonds is 14. The Morgan fingerprint density at radius 2 is 1.12 bits per heavy atom. The van der Waals surface area contributed by atoms with Gasteiger partial charge in [-0.05, 0) is 63.6 Å². The Hall–Kier alpha value is -8.72. The van der Waals surface area contributed by atoms with Crippen molar-refractivity contribution in [2.75, 3.05) is 51.7 Å². The van der Waals surface area contributed by atoms with Crippen LogP contribution in [0.2, 0.25) is 0 Å². The quantitative estimate of drug-likeness (QED) is 0.121. The first-order chi connectivity index (χ1) is 33.2. The van der Waals surface area contributed by atoms with Gasteiger partial charge in [0.15, 0.2) is 23.0 Å². The van der Waals surface area contributed by atoms with Gasteiger partial charge in [-0.25, -0.2) is 34.1 Å².